The fraction of sp³-hybridized carbons (Fsp3) is 0.0833. The van der Waals surface area contributed by atoms with Crippen LogP contribution in [-0.4, -0.2) is 10.8 Å². The van der Waals surface area contributed by atoms with Crippen LogP contribution in [0.1, 0.15) is 6.92 Å². The molecule has 0 unspecified atom stereocenters. The zero-order chi connectivity index (χ0) is 12.4. The van der Waals surface area contributed by atoms with Crippen LogP contribution in [0.3, 0.4) is 0 Å². The van der Waals surface area contributed by atoms with Crippen molar-refractivity contribution in [3.8, 4) is 0 Å². The van der Waals surface area contributed by atoms with Gasteiger partial charge in [-0.1, -0.05) is 24.3 Å². The number of nitrogens with zero attached hydrogens (tertiary/aromatic N) is 1. The molecule has 2 aromatic carbocycles. The van der Waals surface area contributed by atoms with Crippen molar-refractivity contribution in [2.75, 3.05) is 5.32 Å². The second-order valence-corrected chi connectivity index (χ2v) is 3.62. The number of benzene rings is 2. The Balaban J connectivity index is 2.75. The third-order valence-electron chi connectivity index (χ3n) is 2.39. The van der Waals surface area contributed by atoms with Crippen molar-refractivity contribution in [3.05, 3.63) is 46.5 Å². The summed E-state index contributed by atoms with van der Waals surface area (Å²) in [5.74, 6) is -0.254. The van der Waals surface area contributed by atoms with Gasteiger partial charge in [0.15, 0.2) is 0 Å². The molecule has 0 bridgehead atoms. The highest BCUT2D eigenvalue weighted by molar-refractivity contribution is 6.05. The van der Waals surface area contributed by atoms with Crippen molar-refractivity contribution in [2.24, 2.45) is 0 Å². The lowest BCUT2D eigenvalue weighted by atomic mass is 10.1. The zero-order valence-electron chi connectivity index (χ0n) is 9.14. The van der Waals surface area contributed by atoms with Crippen LogP contribution in [0.15, 0.2) is 36.4 Å². The number of non-ortho nitro benzene ring substituents is 1. The monoisotopic (exact) mass is 230 g/mol. The van der Waals surface area contributed by atoms with Crippen molar-refractivity contribution in [3.63, 3.8) is 0 Å². The minimum atomic E-state index is -0.451. The lowest BCUT2D eigenvalue weighted by Gasteiger charge is -2.07. The number of amides is 1. The van der Waals surface area contributed by atoms with E-state index in [9.17, 15) is 14.9 Å². The number of carbonyl (C=O) groups is 1. The maximum atomic E-state index is 11.1. The van der Waals surface area contributed by atoms with Gasteiger partial charge in [0.2, 0.25) is 5.91 Å². The van der Waals surface area contributed by atoms with Crippen molar-refractivity contribution in [1.82, 2.24) is 0 Å². The number of nitrogens with one attached hydrogen (secondary N) is 1. The number of anilines is 1. The summed E-state index contributed by atoms with van der Waals surface area (Å²) in [6.45, 7) is 1.37. The Labute approximate surface area is 97.2 Å². The van der Waals surface area contributed by atoms with Crippen LogP contribution in [0, 0.1) is 10.1 Å². The summed E-state index contributed by atoms with van der Waals surface area (Å²) in [4.78, 5) is 21.6. The molecule has 2 aromatic rings. The Morgan fingerprint density at radius 3 is 2.47 bits per heavy atom. The van der Waals surface area contributed by atoms with E-state index in [0.29, 0.717) is 11.1 Å². The largest absolute Gasteiger partial charge is 0.326 e. The molecule has 1 N–H and O–H groups in total. The van der Waals surface area contributed by atoms with E-state index in [2.05, 4.69) is 5.32 Å². The fourth-order valence-electron chi connectivity index (χ4n) is 1.77. The van der Waals surface area contributed by atoms with E-state index in [0.717, 1.165) is 5.39 Å². The number of nitro benzene ring substituents is 1. The predicted octanol–water partition coefficient (Wildman–Crippen LogP) is 2.71. The molecule has 0 radical (unpaired) electrons. The molecule has 1 amide bonds. The summed E-state index contributed by atoms with van der Waals surface area (Å²) in [7, 11) is 0. The number of hydrogen-bond acceptors (Lipinski definition) is 3. The smallest absolute Gasteiger partial charge is 0.279 e. The van der Waals surface area contributed by atoms with E-state index in [1.807, 2.05) is 0 Å². The quantitative estimate of drug-likeness (QED) is 0.636. The molecule has 0 aromatic heterocycles. The first-order valence-corrected chi connectivity index (χ1v) is 5.03. The van der Waals surface area contributed by atoms with E-state index in [1.54, 1.807) is 30.3 Å². The highest BCUT2D eigenvalue weighted by Crippen LogP contribution is 2.31. The van der Waals surface area contributed by atoms with Gasteiger partial charge in [0.1, 0.15) is 0 Å². The van der Waals surface area contributed by atoms with Crippen LogP contribution < -0.4 is 5.32 Å². The second kappa shape index (κ2) is 4.21. The summed E-state index contributed by atoms with van der Waals surface area (Å²) in [5.41, 5.74) is 0.453. The van der Waals surface area contributed by atoms with Gasteiger partial charge in [-0.05, 0) is 11.5 Å². The summed E-state index contributed by atoms with van der Waals surface area (Å²) in [6, 6.07) is 9.99. The Morgan fingerprint density at radius 2 is 1.88 bits per heavy atom. The van der Waals surface area contributed by atoms with E-state index in [1.165, 1.54) is 13.0 Å². The number of rotatable bonds is 2. The van der Waals surface area contributed by atoms with Crippen molar-refractivity contribution >= 4 is 28.1 Å². The van der Waals surface area contributed by atoms with Gasteiger partial charge >= 0.3 is 0 Å². The summed E-state index contributed by atoms with van der Waals surface area (Å²) in [6.07, 6.45) is 0. The van der Waals surface area contributed by atoms with Crippen LogP contribution in [0.5, 0.6) is 0 Å². The van der Waals surface area contributed by atoms with E-state index >= 15 is 0 Å². The Kier molecular flexibility index (Phi) is 2.74. The fourth-order valence-corrected chi connectivity index (χ4v) is 1.77. The third kappa shape index (κ3) is 2.08. The predicted molar refractivity (Wildman–Crippen MR) is 64.9 cm³/mol. The van der Waals surface area contributed by atoms with Crippen LogP contribution in [0.4, 0.5) is 11.4 Å². The van der Waals surface area contributed by atoms with Gasteiger partial charge in [0.25, 0.3) is 5.69 Å². The minimum absolute atomic E-state index is 0.00755. The van der Waals surface area contributed by atoms with Crippen LogP contribution in [0.2, 0.25) is 0 Å². The lowest BCUT2D eigenvalue weighted by Crippen LogP contribution is -2.06. The Hall–Kier alpha value is -2.43. The highest BCUT2D eigenvalue weighted by Gasteiger charge is 2.15. The van der Waals surface area contributed by atoms with Crippen molar-refractivity contribution < 1.29 is 9.72 Å². The standard InChI is InChI=1S/C12H10N2O3/c1-8(15)13-10-6-2-4-9-5-3-7-11(12(9)10)14(16)17/h2-7H,1H3,(H,13,15). The topological polar surface area (TPSA) is 72.2 Å². The van der Waals surface area contributed by atoms with Crippen LogP contribution >= 0.6 is 0 Å². The molecule has 0 aliphatic heterocycles. The summed E-state index contributed by atoms with van der Waals surface area (Å²) in [5, 5.41) is 14.7. The van der Waals surface area contributed by atoms with Crippen LogP contribution in [0.25, 0.3) is 10.8 Å². The van der Waals surface area contributed by atoms with Gasteiger partial charge < -0.3 is 5.32 Å². The molecule has 5 heteroatoms. The molecular formula is C12H10N2O3. The first-order valence-electron chi connectivity index (χ1n) is 5.03. The second-order valence-electron chi connectivity index (χ2n) is 3.62. The molecule has 17 heavy (non-hydrogen) atoms. The lowest BCUT2D eigenvalue weighted by molar-refractivity contribution is -0.383. The van der Waals surface area contributed by atoms with E-state index in [4.69, 9.17) is 0 Å². The van der Waals surface area contributed by atoms with Gasteiger partial charge in [-0.15, -0.1) is 0 Å². The van der Waals surface area contributed by atoms with Gasteiger partial charge in [-0.2, -0.15) is 0 Å². The average molecular weight is 230 g/mol. The van der Waals surface area contributed by atoms with Crippen LogP contribution in [-0.2, 0) is 4.79 Å². The van der Waals surface area contributed by atoms with Crippen molar-refractivity contribution in [1.29, 1.82) is 0 Å². The van der Waals surface area contributed by atoms with Gasteiger partial charge in [0, 0.05) is 13.0 Å². The van der Waals surface area contributed by atoms with Gasteiger partial charge in [-0.25, -0.2) is 0 Å². The molecule has 2 rings (SSSR count). The average Bonchev–Trinajstić information content (AvgIpc) is 2.27. The molecule has 0 heterocycles. The summed E-state index contributed by atoms with van der Waals surface area (Å²) < 4.78 is 0. The Morgan fingerprint density at radius 1 is 1.24 bits per heavy atom. The molecule has 0 aliphatic carbocycles. The first-order chi connectivity index (χ1) is 8.09. The third-order valence-corrected chi connectivity index (χ3v) is 2.39. The molecule has 0 spiro atoms. The summed E-state index contributed by atoms with van der Waals surface area (Å²) >= 11 is 0. The number of nitro groups is 1. The number of hydrogen-bond donors (Lipinski definition) is 1. The Bertz CT molecular complexity index is 602. The molecule has 86 valence electrons. The molecule has 0 fully saturated rings. The minimum Gasteiger partial charge on any atom is -0.326 e. The SMILES string of the molecule is CC(=O)Nc1cccc2cccc([N+](=O)[O-])c12. The highest BCUT2D eigenvalue weighted by atomic mass is 16.6. The van der Waals surface area contributed by atoms with Gasteiger partial charge in [0.05, 0.1) is 16.0 Å². The molecule has 0 aliphatic rings. The molecule has 0 saturated carbocycles. The maximum absolute atomic E-state index is 11.1. The molecule has 0 atom stereocenters. The molecule has 5 nitrogen and oxygen atoms in total. The first kappa shape index (κ1) is 11.1. The molecule has 0 saturated heterocycles. The maximum Gasteiger partial charge on any atom is 0.279 e. The van der Waals surface area contributed by atoms with E-state index < -0.39 is 4.92 Å². The molecular weight excluding hydrogens is 220 g/mol. The van der Waals surface area contributed by atoms with Gasteiger partial charge in [-0.3, -0.25) is 14.9 Å². The number of fused-ring (bicyclic) bond motifs is 1. The van der Waals surface area contributed by atoms with Crippen molar-refractivity contribution in [2.45, 2.75) is 6.92 Å². The normalized spacial score (nSPS) is 10.2. The van der Waals surface area contributed by atoms with E-state index in [-0.39, 0.29) is 11.6 Å². The zero-order valence-corrected chi connectivity index (χ0v) is 9.14. The number of carbonyl (C=O) groups excluding carboxylic acids is 1.